The third-order valence-electron chi connectivity index (χ3n) is 3.79. The average molecular weight is 401 g/mol. The molecule has 134 valence electrons. The van der Waals surface area contributed by atoms with Crippen LogP contribution in [0.4, 0.5) is 0 Å². The van der Waals surface area contributed by atoms with E-state index in [9.17, 15) is 4.57 Å². The molecule has 0 radical (unpaired) electrons. The Kier molecular flexibility index (Phi) is 16.9. The fourth-order valence-electron chi connectivity index (χ4n) is 2.50. The highest BCUT2D eigenvalue weighted by Crippen LogP contribution is 2.35. The lowest BCUT2D eigenvalue weighted by Crippen LogP contribution is -1.92. The highest BCUT2D eigenvalue weighted by atomic mass is 79.9. The van der Waals surface area contributed by atoms with Crippen molar-refractivity contribution in [3.8, 4) is 0 Å². The smallest absolute Gasteiger partial charge is 0.303 e. The lowest BCUT2D eigenvalue weighted by atomic mass is 10.0. The van der Waals surface area contributed by atoms with Gasteiger partial charge in [-0.2, -0.15) is 0 Å². The van der Waals surface area contributed by atoms with E-state index in [0.717, 1.165) is 24.6 Å². The van der Waals surface area contributed by atoms with E-state index in [1.165, 1.54) is 70.6 Å². The van der Waals surface area contributed by atoms with Gasteiger partial charge in [-0.05, 0) is 12.8 Å². The maximum absolute atomic E-state index is 10.4. The van der Waals surface area contributed by atoms with Crippen molar-refractivity contribution in [3.05, 3.63) is 0 Å². The molecular formula is C16H34BrO4P. The summed E-state index contributed by atoms with van der Waals surface area (Å²) in [5.41, 5.74) is 0. The van der Waals surface area contributed by atoms with E-state index >= 15 is 0 Å². The minimum absolute atomic E-state index is 0.167. The number of phosphoric ester groups is 1. The normalized spacial score (nSPS) is 12.0. The van der Waals surface area contributed by atoms with Crippen molar-refractivity contribution in [1.82, 2.24) is 0 Å². The van der Waals surface area contributed by atoms with Crippen molar-refractivity contribution in [2.45, 2.75) is 89.9 Å². The Labute approximate surface area is 144 Å². The average Bonchev–Trinajstić information content (AvgIpc) is 2.45. The molecule has 4 nitrogen and oxygen atoms in total. The number of unbranched alkanes of at least 4 members (excludes halogenated alkanes) is 13. The monoisotopic (exact) mass is 400 g/mol. The van der Waals surface area contributed by atoms with Crippen LogP contribution in [-0.4, -0.2) is 21.7 Å². The molecule has 0 aliphatic heterocycles. The zero-order valence-corrected chi connectivity index (χ0v) is 16.3. The van der Waals surface area contributed by atoms with Gasteiger partial charge in [0, 0.05) is 5.33 Å². The molecule has 0 aromatic carbocycles. The summed E-state index contributed by atoms with van der Waals surface area (Å²) in [4.78, 5) is 17.0. The van der Waals surface area contributed by atoms with Crippen LogP contribution in [0.25, 0.3) is 0 Å². The summed E-state index contributed by atoms with van der Waals surface area (Å²) < 4.78 is 14.9. The fourth-order valence-corrected chi connectivity index (χ4v) is 3.26. The minimum Gasteiger partial charge on any atom is -0.303 e. The quantitative estimate of drug-likeness (QED) is 0.180. The topological polar surface area (TPSA) is 66.8 Å². The SMILES string of the molecule is O=P(O)(O)OCCCCCCCCCCCCCCCCBr. The molecule has 0 spiro atoms. The second-order valence-electron chi connectivity index (χ2n) is 5.96. The lowest BCUT2D eigenvalue weighted by Gasteiger charge is -2.05. The number of halogens is 1. The number of phosphoric acid groups is 1. The van der Waals surface area contributed by atoms with Crippen LogP contribution in [-0.2, 0) is 9.09 Å². The van der Waals surface area contributed by atoms with Crippen LogP contribution in [0.2, 0.25) is 0 Å². The van der Waals surface area contributed by atoms with Gasteiger partial charge in [0.15, 0.2) is 0 Å². The summed E-state index contributed by atoms with van der Waals surface area (Å²) >= 11 is 3.46. The van der Waals surface area contributed by atoms with Gasteiger partial charge in [0.2, 0.25) is 0 Å². The Balaban J connectivity index is 3.01. The van der Waals surface area contributed by atoms with Gasteiger partial charge in [-0.15, -0.1) is 0 Å². The Hall–Kier alpha value is 0.590. The molecule has 22 heavy (non-hydrogen) atoms. The highest BCUT2D eigenvalue weighted by molar-refractivity contribution is 9.09. The summed E-state index contributed by atoms with van der Waals surface area (Å²) in [6, 6.07) is 0. The van der Waals surface area contributed by atoms with E-state index in [1.54, 1.807) is 0 Å². The van der Waals surface area contributed by atoms with Crippen molar-refractivity contribution in [1.29, 1.82) is 0 Å². The summed E-state index contributed by atoms with van der Waals surface area (Å²) in [5, 5.41) is 1.14. The van der Waals surface area contributed by atoms with Gasteiger partial charge >= 0.3 is 7.82 Å². The van der Waals surface area contributed by atoms with Gasteiger partial charge in [-0.1, -0.05) is 93.0 Å². The summed E-state index contributed by atoms with van der Waals surface area (Å²) in [6.07, 6.45) is 17.6. The van der Waals surface area contributed by atoms with Crippen LogP contribution in [0.1, 0.15) is 89.9 Å². The van der Waals surface area contributed by atoms with Crippen LogP contribution in [0.15, 0.2) is 0 Å². The minimum atomic E-state index is -4.26. The predicted octanol–water partition coefficient (Wildman–Crippen LogP) is 5.95. The van der Waals surface area contributed by atoms with Crippen molar-refractivity contribution in [2.75, 3.05) is 11.9 Å². The molecular weight excluding hydrogens is 367 g/mol. The number of rotatable bonds is 17. The van der Waals surface area contributed by atoms with Gasteiger partial charge in [-0.25, -0.2) is 4.57 Å². The summed E-state index contributed by atoms with van der Waals surface area (Å²) in [7, 11) is -4.26. The van der Waals surface area contributed by atoms with E-state index in [4.69, 9.17) is 9.79 Å². The van der Waals surface area contributed by atoms with E-state index < -0.39 is 7.82 Å². The van der Waals surface area contributed by atoms with E-state index in [1.807, 2.05) is 0 Å². The predicted molar refractivity (Wildman–Crippen MR) is 96.4 cm³/mol. The second kappa shape index (κ2) is 16.4. The first-order valence-electron chi connectivity index (χ1n) is 8.82. The molecule has 0 rings (SSSR count). The molecule has 0 aromatic heterocycles. The third kappa shape index (κ3) is 20.6. The molecule has 0 bridgehead atoms. The van der Waals surface area contributed by atoms with Crippen LogP contribution >= 0.6 is 23.8 Å². The first-order chi connectivity index (χ1) is 10.6. The summed E-state index contributed by atoms with van der Waals surface area (Å²) in [6.45, 7) is 0.167. The molecule has 0 saturated heterocycles. The van der Waals surface area contributed by atoms with Gasteiger partial charge in [0.05, 0.1) is 6.61 Å². The Morgan fingerprint density at radius 1 is 0.636 bits per heavy atom. The van der Waals surface area contributed by atoms with Crippen molar-refractivity contribution in [2.24, 2.45) is 0 Å². The molecule has 0 saturated carbocycles. The fraction of sp³-hybridized carbons (Fsp3) is 1.00. The standard InChI is InChI=1S/C16H34BrO4P/c17-15-13-11-9-7-5-3-1-2-4-6-8-10-12-14-16-21-22(18,19)20/h1-16H2,(H2,18,19,20). The van der Waals surface area contributed by atoms with E-state index in [-0.39, 0.29) is 6.61 Å². The zero-order valence-electron chi connectivity index (χ0n) is 13.8. The molecule has 6 heteroatoms. The van der Waals surface area contributed by atoms with E-state index in [0.29, 0.717) is 0 Å². The number of alkyl halides is 1. The first-order valence-corrected chi connectivity index (χ1v) is 11.5. The molecule has 0 aromatic rings. The molecule has 0 aliphatic rings. The van der Waals surface area contributed by atoms with Crippen molar-refractivity contribution < 1.29 is 18.9 Å². The van der Waals surface area contributed by atoms with Crippen LogP contribution < -0.4 is 0 Å². The summed E-state index contributed by atoms with van der Waals surface area (Å²) in [5.74, 6) is 0. The molecule has 0 amide bonds. The Morgan fingerprint density at radius 2 is 0.955 bits per heavy atom. The van der Waals surface area contributed by atoms with E-state index in [2.05, 4.69) is 20.5 Å². The molecule has 0 heterocycles. The van der Waals surface area contributed by atoms with Crippen molar-refractivity contribution in [3.63, 3.8) is 0 Å². The van der Waals surface area contributed by atoms with Crippen LogP contribution in [0.5, 0.6) is 0 Å². The lowest BCUT2D eigenvalue weighted by molar-refractivity contribution is 0.193. The Morgan fingerprint density at radius 3 is 1.27 bits per heavy atom. The Bertz CT molecular complexity index is 271. The second-order valence-corrected chi connectivity index (χ2v) is 7.99. The maximum atomic E-state index is 10.4. The highest BCUT2D eigenvalue weighted by Gasteiger charge is 2.12. The zero-order chi connectivity index (χ0) is 16.5. The van der Waals surface area contributed by atoms with Crippen LogP contribution in [0, 0.1) is 0 Å². The van der Waals surface area contributed by atoms with Crippen LogP contribution in [0.3, 0.4) is 0 Å². The number of hydrogen-bond acceptors (Lipinski definition) is 2. The molecule has 2 N–H and O–H groups in total. The van der Waals surface area contributed by atoms with Crippen molar-refractivity contribution >= 4 is 23.8 Å². The largest absolute Gasteiger partial charge is 0.469 e. The van der Waals surface area contributed by atoms with Gasteiger partial charge in [-0.3, -0.25) is 4.52 Å². The first kappa shape index (κ1) is 22.6. The van der Waals surface area contributed by atoms with Gasteiger partial charge in [0.1, 0.15) is 0 Å². The van der Waals surface area contributed by atoms with Gasteiger partial charge < -0.3 is 9.79 Å². The number of hydrogen-bond donors (Lipinski definition) is 2. The molecule has 0 fully saturated rings. The molecule has 0 atom stereocenters. The van der Waals surface area contributed by atoms with Gasteiger partial charge in [0.25, 0.3) is 0 Å². The maximum Gasteiger partial charge on any atom is 0.469 e. The molecule has 0 aliphatic carbocycles. The third-order valence-corrected chi connectivity index (χ3v) is 4.87. The molecule has 0 unspecified atom stereocenters.